The largest absolute Gasteiger partial charge is 0.444 e. The lowest BCUT2D eigenvalue weighted by atomic mass is 10.2. The molecule has 1 aromatic heterocycles. The normalized spacial score (nSPS) is 11.0. The van der Waals surface area contributed by atoms with Crippen LogP contribution < -0.4 is 10.1 Å². The number of nitrogens with zero attached hydrogens (tertiary/aromatic N) is 2. The number of halogens is 2. The van der Waals surface area contributed by atoms with Crippen molar-refractivity contribution in [3.63, 3.8) is 0 Å². The van der Waals surface area contributed by atoms with Crippen molar-refractivity contribution >= 4 is 39.3 Å². The van der Waals surface area contributed by atoms with Gasteiger partial charge in [-0.3, -0.25) is 5.32 Å². The predicted octanol–water partition coefficient (Wildman–Crippen LogP) is 5.03. The predicted molar refractivity (Wildman–Crippen MR) is 91.1 cm³/mol. The van der Waals surface area contributed by atoms with Crippen LogP contribution in [-0.2, 0) is 4.74 Å². The molecule has 8 heteroatoms. The van der Waals surface area contributed by atoms with Crippen LogP contribution in [0.3, 0.4) is 0 Å². The van der Waals surface area contributed by atoms with Gasteiger partial charge in [-0.1, -0.05) is 6.07 Å². The van der Waals surface area contributed by atoms with Gasteiger partial charge in [-0.15, -0.1) is 0 Å². The fourth-order valence-electron chi connectivity index (χ4n) is 1.57. The van der Waals surface area contributed by atoms with Crippen LogP contribution in [-0.4, -0.2) is 21.7 Å². The van der Waals surface area contributed by atoms with E-state index >= 15 is 0 Å². The molecule has 1 amide bonds. The van der Waals surface area contributed by atoms with E-state index in [2.05, 4.69) is 31.2 Å². The highest BCUT2D eigenvalue weighted by Crippen LogP contribution is 2.29. The monoisotopic (exact) mass is 399 g/mol. The molecule has 0 unspecified atom stereocenters. The van der Waals surface area contributed by atoms with Gasteiger partial charge in [-0.2, -0.15) is 4.98 Å². The van der Waals surface area contributed by atoms with Crippen LogP contribution in [0.25, 0.3) is 0 Å². The third-order valence-corrected chi connectivity index (χ3v) is 3.10. The first-order chi connectivity index (χ1) is 10.7. The molecule has 0 aliphatic carbocycles. The van der Waals surface area contributed by atoms with E-state index in [1.165, 1.54) is 6.20 Å². The Morgan fingerprint density at radius 3 is 2.78 bits per heavy atom. The molecule has 0 aliphatic heterocycles. The van der Waals surface area contributed by atoms with Crippen LogP contribution in [0.1, 0.15) is 20.8 Å². The Morgan fingerprint density at radius 1 is 1.35 bits per heavy atom. The average molecular weight is 401 g/mol. The summed E-state index contributed by atoms with van der Waals surface area (Å²) in [5.41, 5.74) is -0.0335. The maximum absolute atomic E-state index is 11.8. The fraction of sp³-hybridized carbons (Fsp3) is 0.267. The van der Waals surface area contributed by atoms with Crippen LogP contribution in [0.4, 0.5) is 10.5 Å². The number of amides is 1. The summed E-state index contributed by atoms with van der Waals surface area (Å²) < 4.78 is 11.4. The Kier molecular flexibility index (Phi) is 5.43. The number of benzene rings is 1. The van der Waals surface area contributed by atoms with Gasteiger partial charge < -0.3 is 9.47 Å². The van der Waals surface area contributed by atoms with E-state index in [1.807, 2.05) is 0 Å². The zero-order valence-corrected chi connectivity index (χ0v) is 15.1. The average Bonchev–Trinajstić information content (AvgIpc) is 2.41. The van der Waals surface area contributed by atoms with E-state index in [1.54, 1.807) is 45.0 Å². The molecule has 1 heterocycles. The number of rotatable bonds is 3. The van der Waals surface area contributed by atoms with E-state index in [0.717, 1.165) is 0 Å². The summed E-state index contributed by atoms with van der Waals surface area (Å²) in [5, 5.41) is 2.71. The molecule has 0 saturated heterocycles. The van der Waals surface area contributed by atoms with Crippen molar-refractivity contribution in [3.8, 4) is 11.6 Å². The highest BCUT2D eigenvalue weighted by molar-refractivity contribution is 9.10. The van der Waals surface area contributed by atoms with Crippen LogP contribution in [0, 0.1) is 0 Å². The van der Waals surface area contributed by atoms with Gasteiger partial charge in [0.2, 0.25) is 11.2 Å². The SMILES string of the molecule is CC(C)(C)OC(=O)Nc1cccc(Oc2nc(Cl)ncc2Br)c1. The van der Waals surface area contributed by atoms with Gasteiger partial charge in [0.25, 0.3) is 0 Å². The third kappa shape index (κ3) is 5.69. The summed E-state index contributed by atoms with van der Waals surface area (Å²) in [6, 6.07) is 6.83. The molecule has 0 aliphatic rings. The molecule has 2 aromatic rings. The highest BCUT2D eigenvalue weighted by Gasteiger charge is 2.16. The van der Waals surface area contributed by atoms with Gasteiger partial charge in [-0.05, 0) is 60.4 Å². The van der Waals surface area contributed by atoms with Crippen molar-refractivity contribution in [3.05, 3.63) is 40.2 Å². The molecule has 1 aromatic carbocycles. The number of aromatic nitrogens is 2. The Bertz CT molecular complexity index is 719. The number of carbonyl (C=O) groups excluding carboxylic acids is 1. The van der Waals surface area contributed by atoms with E-state index in [4.69, 9.17) is 21.1 Å². The summed E-state index contributed by atoms with van der Waals surface area (Å²) in [5.74, 6) is 0.758. The molecule has 6 nitrogen and oxygen atoms in total. The van der Waals surface area contributed by atoms with E-state index in [-0.39, 0.29) is 11.2 Å². The van der Waals surface area contributed by atoms with Crippen molar-refractivity contribution in [1.29, 1.82) is 0 Å². The second kappa shape index (κ2) is 7.14. The van der Waals surface area contributed by atoms with Gasteiger partial charge in [0.15, 0.2) is 0 Å². The molecule has 122 valence electrons. The van der Waals surface area contributed by atoms with Gasteiger partial charge in [0, 0.05) is 18.0 Å². The van der Waals surface area contributed by atoms with E-state index in [0.29, 0.717) is 15.9 Å². The van der Waals surface area contributed by atoms with Crippen LogP contribution in [0.5, 0.6) is 11.6 Å². The second-order valence-electron chi connectivity index (χ2n) is 5.55. The van der Waals surface area contributed by atoms with Crippen LogP contribution in [0.15, 0.2) is 34.9 Å². The van der Waals surface area contributed by atoms with Crippen molar-refractivity contribution < 1.29 is 14.3 Å². The third-order valence-electron chi connectivity index (χ3n) is 2.38. The molecule has 0 spiro atoms. The highest BCUT2D eigenvalue weighted by atomic mass is 79.9. The summed E-state index contributed by atoms with van der Waals surface area (Å²) in [6.45, 7) is 5.38. The summed E-state index contributed by atoms with van der Waals surface area (Å²) in [6.07, 6.45) is 0.953. The smallest absolute Gasteiger partial charge is 0.412 e. The van der Waals surface area contributed by atoms with E-state index in [9.17, 15) is 4.79 Å². The van der Waals surface area contributed by atoms with Crippen molar-refractivity contribution in [2.75, 3.05) is 5.32 Å². The first-order valence-corrected chi connectivity index (χ1v) is 7.86. The fourth-order valence-corrected chi connectivity index (χ4v) is 1.97. The number of ether oxygens (including phenoxy) is 2. The van der Waals surface area contributed by atoms with Crippen LogP contribution in [0.2, 0.25) is 5.28 Å². The topological polar surface area (TPSA) is 73.3 Å². The first-order valence-electron chi connectivity index (χ1n) is 6.69. The van der Waals surface area contributed by atoms with E-state index < -0.39 is 11.7 Å². The Labute approximate surface area is 147 Å². The van der Waals surface area contributed by atoms with Crippen molar-refractivity contribution in [2.24, 2.45) is 0 Å². The number of anilines is 1. The minimum Gasteiger partial charge on any atom is -0.444 e. The van der Waals surface area contributed by atoms with Crippen molar-refractivity contribution in [1.82, 2.24) is 9.97 Å². The minimum atomic E-state index is -0.569. The molecular weight excluding hydrogens is 386 g/mol. The molecular formula is C15H15BrClN3O3. The molecule has 0 radical (unpaired) electrons. The molecule has 1 N–H and O–H groups in total. The first kappa shape index (κ1) is 17.5. The number of hydrogen-bond donors (Lipinski definition) is 1. The van der Waals surface area contributed by atoms with Gasteiger partial charge in [-0.25, -0.2) is 9.78 Å². The van der Waals surface area contributed by atoms with Gasteiger partial charge in [0.05, 0.1) is 4.47 Å². The quantitative estimate of drug-likeness (QED) is 0.731. The number of carbonyl (C=O) groups is 1. The summed E-state index contributed by atoms with van der Waals surface area (Å²) >= 11 is 9.03. The van der Waals surface area contributed by atoms with Crippen LogP contribution >= 0.6 is 27.5 Å². The maximum Gasteiger partial charge on any atom is 0.412 e. The Morgan fingerprint density at radius 2 is 2.09 bits per heavy atom. The lowest BCUT2D eigenvalue weighted by molar-refractivity contribution is 0.0636. The number of hydrogen-bond acceptors (Lipinski definition) is 5. The molecule has 0 atom stereocenters. The van der Waals surface area contributed by atoms with Gasteiger partial charge in [0.1, 0.15) is 11.4 Å². The molecule has 23 heavy (non-hydrogen) atoms. The summed E-state index contributed by atoms with van der Waals surface area (Å²) in [7, 11) is 0. The standard InChI is InChI=1S/C15H15BrClN3O3/c1-15(2,3)23-14(21)19-9-5-4-6-10(7-9)22-12-11(16)8-18-13(17)20-12/h4-8H,1-3H3,(H,19,21). The lowest BCUT2D eigenvalue weighted by Gasteiger charge is -2.19. The molecule has 0 saturated carbocycles. The zero-order chi connectivity index (χ0) is 17.0. The summed E-state index contributed by atoms with van der Waals surface area (Å²) in [4.78, 5) is 19.6. The number of nitrogens with one attached hydrogen (secondary N) is 1. The van der Waals surface area contributed by atoms with Crippen molar-refractivity contribution in [2.45, 2.75) is 26.4 Å². The second-order valence-corrected chi connectivity index (χ2v) is 6.74. The minimum absolute atomic E-state index is 0.0752. The maximum atomic E-state index is 11.8. The Hall–Kier alpha value is -1.86. The molecule has 0 bridgehead atoms. The lowest BCUT2D eigenvalue weighted by Crippen LogP contribution is -2.27. The Balaban J connectivity index is 2.11. The molecule has 0 fully saturated rings. The molecule has 2 rings (SSSR count). The van der Waals surface area contributed by atoms with Gasteiger partial charge >= 0.3 is 6.09 Å². The zero-order valence-electron chi connectivity index (χ0n) is 12.8.